The van der Waals surface area contributed by atoms with Crippen molar-refractivity contribution in [3.05, 3.63) is 95.6 Å². The molecule has 0 spiro atoms. The normalized spacial score (nSPS) is 15.4. The fraction of sp³-hybridized carbons (Fsp3) is 0.450. The number of hydrogen-bond donors (Lipinski definition) is 2. The van der Waals surface area contributed by atoms with Gasteiger partial charge in [-0.3, -0.25) is 24.1 Å². The third kappa shape index (κ3) is 11.0. The maximum absolute atomic E-state index is 13.3. The number of esters is 2. The molecule has 1 saturated heterocycles. The third-order valence-electron chi connectivity index (χ3n) is 8.46. The van der Waals surface area contributed by atoms with Crippen LogP contribution in [0.1, 0.15) is 77.2 Å². The number of likely N-dealkylation sites (tertiary alicyclic amines) is 1. The van der Waals surface area contributed by atoms with E-state index in [2.05, 4.69) is 5.32 Å². The molecule has 2 amide bonds. The molecule has 10 nitrogen and oxygen atoms in total. The monoisotopic (exact) mass is 685 g/mol. The van der Waals surface area contributed by atoms with Gasteiger partial charge >= 0.3 is 11.9 Å². The lowest BCUT2D eigenvalue weighted by atomic mass is 9.97. The molecule has 1 aliphatic rings. The Morgan fingerprint density at radius 3 is 2.02 bits per heavy atom. The van der Waals surface area contributed by atoms with Crippen molar-refractivity contribution < 1.29 is 33.8 Å². The maximum atomic E-state index is 13.3. The smallest absolute Gasteiger partial charge is 0.316 e. The summed E-state index contributed by atoms with van der Waals surface area (Å²) in [6.45, 7) is 12.4. The summed E-state index contributed by atoms with van der Waals surface area (Å²) in [5.41, 5.74) is 0.812. The SMILES string of the molecule is CC(C)(C)C(=O)Oc1ccc(C(O)CN(CCNC(=O)[C@@H]2CCCN2C(=O)Cc2ccccc2)Cc2ccccc2)cc1OC(=O)C(C)(C)C. The van der Waals surface area contributed by atoms with Gasteiger partial charge in [-0.1, -0.05) is 66.7 Å². The van der Waals surface area contributed by atoms with E-state index in [4.69, 9.17) is 9.47 Å². The van der Waals surface area contributed by atoms with Crippen LogP contribution in [-0.2, 0) is 32.1 Å². The molecule has 10 heteroatoms. The second kappa shape index (κ2) is 16.9. The Morgan fingerprint density at radius 2 is 1.42 bits per heavy atom. The zero-order valence-electron chi connectivity index (χ0n) is 30.1. The standard InChI is InChI=1S/C40H51N3O7/c1-39(2,3)37(47)49-33-20-19-30(25-34(33)50-38(48)40(4,5)6)32(44)27-42(26-29-16-11-8-12-17-29)23-21-41-36(46)31-18-13-22-43(31)35(45)24-28-14-9-7-10-15-28/h7-12,14-17,19-20,25,31-32,44H,13,18,21-24,26-27H2,1-6H3,(H,41,46)/t31-,32?/m0/s1. The molecule has 268 valence electrons. The van der Waals surface area contributed by atoms with Gasteiger partial charge < -0.3 is 24.8 Å². The van der Waals surface area contributed by atoms with Crippen LogP contribution in [-0.4, -0.2) is 70.9 Å². The quantitative estimate of drug-likeness (QED) is 0.179. The van der Waals surface area contributed by atoms with Gasteiger partial charge in [0.15, 0.2) is 11.5 Å². The van der Waals surface area contributed by atoms with Crippen molar-refractivity contribution in [2.75, 3.05) is 26.2 Å². The van der Waals surface area contributed by atoms with E-state index in [0.29, 0.717) is 38.2 Å². The minimum Gasteiger partial charge on any atom is -0.422 e. The largest absolute Gasteiger partial charge is 0.422 e. The fourth-order valence-electron chi connectivity index (χ4n) is 5.49. The minimum atomic E-state index is -1.00. The Kier molecular flexibility index (Phi) is 12.9. The Hall–Kier alpha value is -4.54. The van der Waals surface area contributed by atoms with Crippen molar-refractivity contribution in [2.24, 2.45) is 10.8 Å². The molecule has 0 aromatic heterocycles. The number of hydrogen-bond acceptors (Lipinski definition) is 8. The van der Waals surface area contributed by atoms with Crippen LogP contribution >= 0.6 is 0 Å². The summed E-state index contributed by atoms with van der Waals surface area (Å²) in [6.07, 6.45) is 0.633. The summed E-state index contributed by atoms with van der Waals surface area (Å²) < 4.78 is 11.3. The third-order valence-corrected chi connectivity index (χ3v) is 8.46. The lowest BCUT2D eigenvalue weighted by molar-refractivity contribution is -0.145. The summed E-state index contributed by atoms with van der Waals surface area (Å²) in [4.78, 5) is 55.6. The van der Waals surface area contributed by atoms with E-state index < -0.39 is 34.9 Å². The average molecular weight is 686 g/mol. The molecule has 1 unspecified atom stereocenters. The first kappa shape index (κ1) is 38.3. The first-order valence-corrected chi connectivity index (χ1v) is 17.3. The van der Waals surface area contributed by atoms with Gasteiger partial charge in [0.25, 0.3) is 0 Å². The van der Waals surface area contributed by atoms with Gasteiger partial charge in [-0.05, 0) is 83.2 Å². The Morgan fingerprint density at radius 1 is 0.840 bits per heavy atom. The fourth-order valence-corrected chi connectivity index (χ4v) is 5.49. The van der Waals surface area contributed by atoms with Crippen LogP contribution in [0.4, 0.5) is 0 Å². The van der Waals surface area contributed by atoms with Crippen molar-refractivity contribution in [3.8, 4) is 11.5 Å². The van der Waals surface area contributed by atoms with Crippen LogP contribution in [0.5, 0.6) is 11.5 Å². The summed E-state index contributed by atoms with van der Waals surface area (Å²) in [7, 11) is 0. The average Bonchev–Trinajstić information content (AvgIpc) is 3.56. The Labute approximate surface area is 295 Å². The van der Waals surface area contributed by atoms with E-state index in [0.717, 1.165) is 17.5 Å². The highest BCUT2D eigenvalue weighted by molar-refractivity contribution is 5.89. The maximum Gasteiger partial charge on any atom is 0.316 e. The van der Waals surface area contributed by atoms with Crippen LogP contribution < -0.4 is 14.8 Å². The molecule has 4 rings (SSSR count). The highest BCUT2D eigenvalue weighted by Crippen LogP contribution is 2.34. The molecular formula is C40H51N3O7. The van der Waals surface area contributed by atoms with Gasteiger partial charge in [0.2, 0.25) is 11.8 Å². The summed E-state index contributed by atoms with van der Waals surface area (Å²) in [5.74, 6) is -1.11. The van der Waals surface area contributed by atoms with Gasteiger partial charge in [0, 0.05) is 32.7 Å². The first-order valence-electron chi connectivity index (χ1n) is 17.3. The number of nitrogens with one attached hydrogen (secondary N) is 1. The highest BCUT2D eigenvalue weighted by Gasteiger charge is 2.34. The molecule has 3 aromatic rings. The topological polar surface area (TPSA) is 125 Å². The number of ether oxygens (including phenoxy) is 2. The van der Waals surface area contributed by atoms with E-state index >= 15 is 0 Å². The van der Waals surface area contributed by atoms with Crippen LogP contribution in [0.2, 0.25) is 0 Å². The lowest BCUT2D eigenvalue weighted by Crippen LogP contribution is -2.48. The van der Waals surface area contributed by atoms with Crippen LogP contribution in [0, 0.1) is 10.8 Å². The number of benzene rings is 3. The number of rotatable bonds is 13. The van der Waals surface area contributed by atoms with Crippen molar-refractivity contribution in [3.63, 3.8) is 0 Å². The second-order valence-corrected chi connectivity index (χ2v) is 14.9. The number of aliphatic hydroxyl groups excluding tert-OH is 1. The molecule has 0 radical (unpaired) electrons. The molecule has 3 aromatic carbocycles. The van der Waals surface area contributed by atoms with Crippen molar-refractivity contribution in [2.45, 2.75) is 79.5 Å². The van der Waals surface area contributed by atoms with Crippen molar-refractivity contribution in [1.82, 2.24) is 15.1 Å². The zero-order chi connectivity index (χ0) is 36.5. The lowest BCUT2D eigenvalue weighted by Gasteiger charge is -2.27. The van der Waals surface area contributed by atoms with Gasteiger partial charge in [-0.2, -0.15) is 0 Å². The molecule has 2 atom stereocenters. The molecule has 2 N–H and O–H groups in total. The Balaban J connectivity index is 1.45. The predicted octanol–water partition coefficient (Wildman–Crippen LogP) is 5.48. The second-order valence-electron chi connectivity index (χ2n) is 14.9. The minimum absolute atomic E-state index is 0.0453. The van der Waals surface area contributed by atoms with E-state index in [1.807, 2.05) is 65.6 Å². The van der Waals surface area contributed by atoms with Crippen LogP contribution in [0.3, 0.4) is 0 Å². The predicted molar refractivity (Wildman–Crippen MR) is 191 cm³/mol. The molecule has 0 bridgehead atoms. The zero-order valence-corrected chi connectivity index (χ0v) is 30.1. The highest BCUT2D eigenvalue weighted by atomic mass is 16.6. The molecule has 1 fully saturated rings. The van der Waals surface area contributed by atoms with Crippen LogP contribution in [0.15, 0.2) is 78.9 Å². The summed E-state index contributed by atoms with van der Waals surface area (Å²) in [5, 5.41) is 14.5. The summed E-state index contributed by atoms with van der Waals surface area (Å²) >= 11 is 0. The molecule has 0 aliphatic carbocycles. The van der Waals surface area contributed by atoms with E-state index in [9.17, 15) is 24.3 Å². The van der Waals surface area contributed by atoms with Gasteiger partial charge in [0.05, 0.1) is 23.4 Å². The molecule has 0 saturated carbocycles. The Bertz CT molecular complexity index is 1610. The van der Waals surface area contributed by atoms with Gasteiger partial charge in [-0.25, -0.2) is 0 Å². The number of carbonyl (C=O) groups is 4. The van der Waals surface area contributed by atoms with E-state index in [-0.39, 0.29) is 36.3 Å². The molecule has 50 heavy (non-hydrogen) atoms. The number of aliphatic hydroxyl groups is 1. The van der Waals surface area contributed by atoms with Gasteiger partial charge in [-0.15, -0.1) is 0 Å². The van der Waals surface area contributed by atoms with E-state index in [1.54, 1.807) is 52.5 Å². The van der Waals surface area contributed by atoms with Gasteiger partial charge in [0.1, 0.15) is 6.04 Å². The van der Waals surface area contributed by atoms with Crippen molar-refractivity contribution in [1.29, 1.82) is 0 Å². The molecule has 1 heterocycles. The molecular weight excluding hydrogens is 634 g/mol. The summed E-state index contributed by atoms with van der Waals surface area (Å²) in [6, 6.07) is 23.5. The first-order chi connectivity index (χ1) is 23.6. The van der Waals surface area contributed by atoms with Crippen molar-refractivity contribution >= 4 is 23.8 Å². The number of amides is 2. The molecule has 1 aliphatic heterocycles. The number of nitrogens with zero attached hydrogens (tertiary/aromatic N) is 2. The van der Waals surface area contributed by atoms with Crippen LogP contribution in [0.25, 0.3) is 0 Å². The van der Waals surface area contributed by atoms with E-state index in [1.165, 1.54) is 12.1 Å². The number of carbonyl (C=O) groups excluding carboxylic acids is 4.